The fourth-order valence-corrected chi connectivity index (χ4v) is 4.76. The molecule has 0 radical (unpaired) electrons. The van der Waals surface area contributed by atoms with Gasteiger partial charge in [0.1, 0.15) is 31.3 Å². The summed E-state index contributed by atoms with van der Waals surface area (Å²) < 4.78 is 10.8. The molecule has 0 aliphatic rings. The minimum atomic E-state index is -1.24. The highest BCUT2D eigenvalue weighted by molar-refractivity contribution is 5.94. The molecule has 8 N–H and O–H groups in total. The van der Waals surface area contributed by atoms with Crippen molar-refractivity contribution in [3.05, 3.63) is 81.9 Å². The number of guanidine groups is 1. The van der Waals surface area contributed by atoms with Crippen LogP contribution in [0, 0.1) is 22.0 Å². The lowest BCUT2D eigenvalue weighted by molar-refractivity contribution is -0.525. The Morgan fingerprint density at radius 2 is 1.27 bits per heavy atom. The number of aliphatic imine (C=N–C) groups is 1. The number of benzene rings is 2. The first-order chi connectivity index (χ1) is 24.7. The van der Waals surface area contributed by atoms with Crippen LogP contribution in [0.1, 0.15) is 64.5 Å². The molecule has 2 aromatic carbocycles. The number of hydrogen-bond donors (Lipinski definition) is 6. The lowest BCUT2D eigenvalue weighted by atomic mass is 9.98. The zero-order chi connectivity index (χ0) is 38.6. The van der Waals surface area contributed by atoms with E-state index < -0.39 is 70.7 Å². The second-order valence-electron chi connectivity index (χ2n) is 12.7. The Morgan fingerprint density at radius 1 is 0.769 bits per heavy atom. The number of nitro groups is 1. The minimum absolute atomic E-state index is 0.0441. The largest absolute Gasteiger partial charge is 0.461 e. The van der Waals surface area contributed by atoms with Gasteiger partial charge in [0.25, 0.3) is 5.96 Å². The van der Waals surface area contributed by atoms with Crippen molar-refractivity contribution in [3.8, 4) is 0 Å². The van der Waals surface area contributed by atoms with Gasteiger partial charge in [0.2, 0.25) is 17.7 Å². The van der Waals surface area contributed by atoms with Crippen molar-refractivity contribution in [1.82, 2.24) is 21.4 Å². The van der Waals surface area contributed by atoms with Crippen molar-refractivity contribution in [1.29, 1.82) is 0 Å². The second kappa shape index (κ2) is 22.3. The molecule has 0 aromatic heterocycles. The molecule has 17 nitrogen and oxygen atoms in total. The van der Waals surface area contributed by atoms with Crippen molar-refractivity contribution in [2.45, 2.75) is 90.8 Å². The van der Waals surface area contributed by atoms with Crippen LogP contribution >= 0.6 is 0 Å². The van der Waals surface area contributed by atoms with Gasteiger partial charge in [0.15, 0.2) is 5.03 Å². The molecule has 0 aliphatic heterocycles. The maximum Gasteiger partial charge on any atom is 0.328 e. The van der Waals surface area contributed by atoms with Gasteiger partial charge in [0, 0.05) is 13.0 Å². The topological polar surface area (TPSA) is 259 Å². The van der Waals surface area contributed by atoms with Gasteiger partial charge in [-0.3, -0.25) is 19.2 Å². The Labute approximate surface area is 302 Å². The first-order valence-electron chi connectivity index (χ1n) is 17.0. The quantitative estimate of drug-likeness (QED) is 0.0265. The average Bonchev–Trinajstić information content (AvgIpc) is 3.10. The molecule has 0 spiro atoms. The zero-order valence-electron chi connectivity index (χ0n) is 29.9. The second-order valence-corrected chi connectivity index (χ2v) is 12.7. The number of hydrazine groups is 1. The van der Waals surface area contributed by atoms with Crippen LogP contribution in [-0.2, 0) is 46.7 Å². The third kappa shape index (κ3) is 16.0. The van der Waals surface area contributed by atoms with Gasteiger partial charge in [-0.25, -0.2) is 19.9 Å². The predicted octanol–water partition coefficient (Wildman–Crippen LogP) is 1.22. The standard InChI is InChI=1S/C35H50N8O9/c1-22(2)29(41-33(47)30(23(3)4)40-31(45)26(36)16-11-19-38-35(37)42-43(49)50)32(46)39-27(34(48)52-21-25-14-9-6-10-15-25)17-18-28(44)51-20-24-12-7-5-8-13-24/h5-10,12-15,22-23,26-27,29-30H,11,16-21,36H2,1-4H3,(H,39,46)(H,40,45)(H,41,47)(H3,37,38,42)/t26-,27-,29-,30-/m0/s1. The molecule has 52 heavy (non-hydrogen) atoms. The van der Waals surface area contributed by atoms with Crippen LogP contribution in [0.4, 0.5) is 0 Å². The summed E-state index contributed by atoms with van der Waals surface area (Å²) in [5.74, 6) is -4.58. The fraction of sp³-hybridized carbons (Fsp3) is 0.486. The molecule has 0 aliphatic carbocycles. The predicted molar refractivity (Wildman–Crippen MR) is 191 cm³/mol. The van der Waals surface area contributed by atoms with E-state index in [2.05, 4.69) is 20.9 Å². The van der Waals surface area contributed by atoms with E-state index >= 15 is 0 Å². The highest BCUT2D eigenvalue weighted by Crippen LogP contribution is 2.12. The van der Waals surface area contributed by atoms with Gasteiger partial charge in [-0.05, 0) is 42.2 Å². The number of amides is 3. The summed E-state index contributed by atoms with van der Waals surface area (Å²) >= 11 is 0. The summed E-state index contributed by atoms with van der Waals surface area (Å²) in [6, 6.07) is 13.5. The van der Waals surface area contributed by atoms with Crippen LogP contribution in [0.25, 0.3) is 0 Å². The van der Waals surface area contributed by atoms with Crippen LogP contribution in [0.3, 0.4) is 0 Å². The third-order valence-corrected chi connectivity index (χ3v) is 7.70. The maximum atomic E-state index is 13.6. The van der Waals surface area contributed by atoms with E-state index in [9.17, 15) is 34.1 Å². The van der Waals surface area contributed by atoms with E-state index in [1.807, 2.05) is 24.3 Å². The molecule has 0 fully saturated rings. The molecule has 0 unspecified atom stereocenters. The Morgan fingerprint density at radius 3 is 1.79 bits per heavy atom. The first-order valence-corrected chi connectivity index (χ1v) is 17.0. The summed E-state index contributed by atoms with van der Waals surface area (Å²) in [6.07, 6.45) is 0.0984. The van der Waals surface area contributed by atoms with E-state index in [1.165, 1.54) is 0 Å². The molecular weight excluding hydrogens is 676 g/mol. The van der Waals surface area contributed by atoms with Crippen LogP contribution < -0.4 is 32.8 Å². The minimum Gasteiger partial charge on any atom is -0.461 e. The summed E-state index contributed by atoms with van der Waals surface area (Å²) in [6.45, 7) is 6.86. The number of rotatable bonds is 21. The third-order valence-electron chi connectivity index (χ3n) is 7.70. The van der Waals surface area contributed by atoms with Crippen LogP contribution in [0.5, 0.6) is 0 Å². The first kappa shape index (κ1) is 42.6. The van der Waals surface area contributed by atoms with E-state index in [-0.39, 0.29) is 51.4 Å². The van der Waals surface area contributed by atoms with E-state index in [1.54, 1.807) is 69.5 Å². The van der Waals surface area contributed by atoms with Gasteiger partial charge in [-0.2, -0.15) is 0 Å². The molecule has 2 aromatic rings. The Balaban J connectivity index is 2.07. The molecule has 3 amide bonds. The normalized spacial score (nSPS) is 13.6. The van der Waals surface area contributed by atoms with Crippen molar-refractivity contribution < 1.29 is 38.5 Å². The van der Waals surface area contributed by atoms with Crippen LogP contribution in [0.2, 0.25) is 0 Å². The van der Waals surface area contributed by atoms with Gasteiger partial charge >= 0.3 is 11.9 Å². The van der Waals surface area contributed by atoms with E-state index in [0.717, 1.165) is 11.1 Å². The Kier molecular flexibility index (Phi) is 18.2. The summed E-state index contributed by atoms with van der Waals surface area (Å²) in [5, 5.41) is 17.5. The fourth-order valence-electron chi connectivity index (χ4n) is 4.76. The number of ether oxygens (including phenoxy) is 2. The molecule has 4 atom stereocenters. The Hall–Kier alpha value is -5.58. The smallest absolute Gasteiger partial charge is 0.328 e. The lowest BCUT2D eigenvalue weighted by Crippen LogP contribution is -2.59. The van der Waals surface area contributed by atoms with E-state index in [0.29, 0.717) is 0 Å². The summed E-state index contributed by atoms with van der Waals surface area (Å²) in [5.41, 5.74) is 14.6. The molecule has 0 heterocycles. The van der Waals surface area contributed by atoms with Crippen LogP contribution in [0.15, 0.2) is 65.7 Å². The van der Waals surface area contributed by atoms with Gasteiger partial charge in [0.05, 0.1) is 6.04 Å². The van der Waals surface area contributed by atoms with E-state index in [4.69, 9.17) is 20.9 Å². The molecule has 284 valence electrons. The maximum absolute atomic E-state index is 13.6. The molecular formula is C35H50N8O9. The number of nitrogens with zero attached hydrogens (tertiary/aromatic N) is 2. The zero-order valence-corrected chi connectivity index (χ0v) is 29.9. The highest BCUT2D eigenvalue weighted by atomic mass is 16.7. The van der Waals surface area contributed by atoms with Crippen molar-refractivity contribution in [2.24, 2.45) is 28.3 Å². The number of esters is 2. The number of carbonyl (C=O) groups is 5. The number of carbonyl (C=O) groups excluding carboxylic acids is 5. The SMILES string of the molecule is CC(C)[C@H](NC(=O)[C@@H](NC(=O)[C@@H](N)CCCN=C(N)N[N+](=O)[O-])C(C)C)C(=O)N[C@@H](CCC(=O)OCc1ccccc1)C(=O)OCc1ccccc1. The lowest BCUT2D eigenvalue weighted by Gasteiger charge is -2.28. The van der Waals surface area contributed by atoms with Gasteiger partial charge in [-0.1, -0.05) is 93.8 Å². The molecule has 0 saturated heterocycles. The van der Waals surface area contributed by atoms with Gasteiger partial charge in [-0.15, -0.1) is 0 Å². The Bertz CT molecular complexity index is 1510. The summed E-state index contributed by atoms with van der Waals surface area (Å²) in [4.78, 5) is 80.0. The highest BCUT2D eigenvalue weighted by Gasteiger charge is 2.33. The number of nitrogens with one attached hydrogen (secondary N) is 4. The number of nitrogens with two attached hydrogens (primary N) is 2. The number of hydrogen-bond acceptors (Lipinski definition) is 11. The monoisotopic (exact) mass is 726 g/mol. The average molecular weight is 727 g/mol. The van der Waals surface area contributed by atoms with Crippen molar-refractivity contribution >= 4 is 35.6 Å². The van der Waals surface area contributed by atoms with Crippen molar-refractivity contribution in [3.63, 3.8) is 0 Å². The van der Waals surface area contributed by atoms with Crippen LogP contribution in [-0.4, -0.2) is 71.4 Å². The van der Waals surface area contributed by atoms with Crippen molar-refractivity contribution in [2.75, 3.05) is 6.54 Å². The molecule has 2 rings (SSSR count). The van der Waals surface area contributed by atoms with Gasteiger partial charge < -0.3 is 36.9 Å². The summed E-state index contributed by atoms with van der Waals surface area (Å²) in [7, 11) is 0. The molecule has 0 bridgehead atoms. The molecule has 17 heteroatoms. The molecule has 0 saturated carbocycles.